The number of hydrogen-bond donors (Lipinski definition) is 0. The van der Waals surface area contributed by atoms with Crippen LogP contribution in [0.4, 0.5) is 17.1 Å². The summed E-state index contributed by atoms with van der Waals surface area (Å²) < 4.78 is 6.61. The molecule has 2 aliphatic rings. The van der Waals surface area contributed by atoms with Crippen LogP contribution in [0.25, 0.3) is 12.7 Å². The summed E-state index contributed by atoms with van der Waals surface area (Å²) in [4.78, 5) is 7.49. The molecule has 3 heteroatoms. The maximum atomic E-state index is 6.61. The summed E-state index contributed by atoms with van der Waals surface area (Å²) in [7, 11) is 0. The van der Waals surface area contributed by atoms with Gasteiger partial charge in [-0.3, -0.25) is 0 Å². The Morgan fingerprint density at radius 1 is 0.707 bits per heavy atom. The number of nitrogens with zero attached hydrogens (tertiary/aromatic N) is 2. The zero-order valence-electron chi connectivity index (χ0n) is 24.2. The van der Waals surface area contributed by atoms with E-state index in [9.17, 15) is 0 Å². The number of para-hydroxylation sites is 2. The third-order valence-corrected chi connectivity index (χ3v) is 8.73. The minimum Gasteiger partial charge on any atom is -0.438 e. The highest BCUT2D eigenvalue weighted by atomic mass is 16.3. The molecular formula is C38H42N2O. The normalized spacial score (nSPS) is 17.6. The van der Waals surface area contributed by atoms with Gasteiger partial charge in [0.05, 0.1) is 6.04 Å². The fourth-order valence-corrected chi connectivity index (χ4v) is 6.51. The topological polar surface area (TPSA) is 28.7 Å². The third kappa shape index (κ3) is 6.90. The first-order valence-corrected chi connectivity index (χ1v) is 15.6. The molecule has 0 atom stereocenters. The molecule has 210 valence electrons. The lowest BCUT2D eigenvalue weighted by molar-refractivity contribution is 0.345. The molecule has 6 rings (SSSR count). The molecule has 0 bridgehead atoms. The van der Waals surface area contributed by atoms with Crippen LogP contribution in [-0.2, 0) is 6.42 Å². The van der Waals surface area contributed by atoms with Gasteiger partial charge in [-0.25, -0.2) is 4.99 Å². The second kappa shape index (κ2) is 13.2. The van der Waals surface area contributed by atoms with E-state index in [-0.39, 0.29) is 0 Å². The Kier molecular flexibility index (Phi) is 8.80. The Morgan fingerprint density at radius 2 is 1.27 bits per heavy atom. The number of rotatable bonds is 7. The third-order valence-electron chi connectivity index (χ3n) is 8.73. The van der Waals surface area contributed by atoms with Gasteiger partial charge >= 0.3 is 0 Å². The minimum absolute atomic E-state index is 0.377. The number of benzene rings is 3. The van der Waals surface area contributed by atoms with Crippen molar-refractivity contribution >= 4 is 29.7 Å². The van der Waals surface area contributed by atoms with Gasteiger partial charge in [0.1, 0.15) is 5.42 Å². The van der Waals surface area contributed by atoms with E-state index in [0.717, 1.165) is 51.2 Å². The molecule has 3 aromatic carbocycles. The number of anilines is 3. The molecule has 1 aromatic heterocycles. The van der Waals surface area contributed by atoms with Crippen molar-refractivity contribution in [2.75, 3.05) is 4.90 Å². The Morgan fingerprint density at radius 3 is 1.88 bits per heavy atom. The van der Waals surface area contributed by atoms with Crippen LogP contribution in [0.2, 0.25) is 0 Å². The predicted octanol–water partition coefficient (Wildman–Crippen LogP) is 8.34. The Hall–Kier alpha value is -3.85. The van der Waals surface area contributed by atoms with Crippen LogP contribution >= 0.6 is 0 Å². The highest BCUT2D eigenvalue weighted by molar-refractivity contribution is 5.76. The van der Waals surface area contributed by atoms with E-state index in [1.54, 1.807) is 0 Å². The standard InChI is InChI=1S/C38H42N2O/c1-29-26-32(27-30-14-6-2-7-15-30)38(39-33-16-8-3-9-17-33)41-37(29)28-31-22-24-36(25-23-31)40(34-18-10-4-11-19-34)35-20-12-5-13-21-35/h4-5,10-13,18-26,28,30,33H,1-3,6-9,14-17,27H2/b37-28+,39-38?. The fraction of sp³-hybridized carbons (Fsp3) is 0.342. The monoisotopic (exact) mass is 542 g/mol. The number of hydrogen-bond acceptors (Lipinski definition) is 3. The second-order valence-electron chi connectivity index (χ2n) is 11.8. The average Bonchev–Trinajstić information content (AvgIpc) is 3.02. The first kappa shape index (κ1) is 27.3. The van der Waals surface area contributed by atoms with Gasteiger partial charge in [-0.1, -0.05) is 106 Å². The molecule has 0 amide bonds. The van der Waals surface area contributed by atoms with E-state index in [0.29, 0.717) is 6.04 Å². The van der Waals surface area contributed by atoms with E-state index in [2.05, 4.69) is 109 Å². The molecule has 0 aliphatic heterocycles. The summed E-state index contributed by atoms with van der Waals surface area (Å²) in [6.45, 7) is 4.41. The van der Waals surface area contributed by atoms with Crippen molar-refractivity contribution in [3.63, 3.8) is 0 Å². The van der Waals surface area contributed by atoms with Crippen molar-refractivity contribution in [1.82, 2.24) is 0 Å². The van der Waals surface area contributed by atoms with Gasteiger partial charge in [-0.15, -0.1) is 0 Å². The van der Waals surface area contributed by atoms with Crippen LogP contribution in [0.3, 0.4) is 0 Å². The van der Waals surface area contributed by atoms with Gasteiger partial charge < -0.3 is 9.32 Å². The quantitative estimate of drug-likeness (QED) is 0.235. The summed E-state index contributed by atoms with van der Waals surface area (Å²) in [6.07, 6.45) is 16.1. The maximum absolute atomic E-state index is 6.61. The van der Waals surface area contributed by atoms with E-state index >= 15 is 0 Å². The lowest BCUT2D eigenvalue weighted by atomic mass is 9.85. The van der Waals surface area contributed by atoms with E-state index < -0.39 is 0 Å². The summed E-state index contributed by atoms with van der Waals surface area (Å²) >= 11 is 0. The molecule has 0 saturated heterocycles. The lowest BCUT2D eigenvalue weighted by Gasteiger charge is -2.25. The fourth-order valence-electron chi connectivity index (χ4n) is 6.51. The van der Waals surface area contributed by atoms with Crippen LogP contribution in [0.15, 0.2) is 100 Å². The SMILES string of the molecule is C=c1cc(CC2CCCCC2)c(=NC2CCCCC2)o/c1=C/c1ccc(N(c2ccccc2)c2ccccc2)cc1. The molecule has 0 N–H and O–H groups in total. The van der Waals surface area contributed by atoms with Gasteiger partial charge in [0.2, 0.25) is 5.55 Å². The maximum Gasteiger partial charge on any atom is 0.218 e. The van der Waals surface area contributed by atoms with Crippen LogP contribution in [0.5, 0.6) is 0 Å². The first-order valence-electron chi connectivity index (χ1n) is 15.6. The van der Waals surface area contributed by atoms with Crippen molar-refractivity contribution in [2.24, 2.45) is 10.9 Å². The minimum atomic E-state index is 0.377. The molecule has 2 aliphatic carbocycles. The molecule has 41 heavy (non-hydrogen) atoms. The highest BCUT2D eigenvalue weighted by Gasteiger charge is 2.18. The first-order chi connectivity index (χ1) is 20.2. The molecular weight excluding hydrogens is 500 g/mol. The second-order valence-corrected chi connectivity index (χ2v) is 11.8. The van der Waals surface area contributed by atoms with Gasteiger partial charge in [0, 0.05) is 27.8 Å². The molecule has 0 radical (unpaired) electrons. The summed E-state index contributed by atoms with van der Waals surface area (Å²) in [6, 6.07) is 32.3. The largest absolute Gasteiger partial charge is 0.438 e. The molecule has 2 saturated carbocycles. The van der Waals surface area contributed by atoms with Crippen molar-refractivity contribution < 1.29 is 4.42 Å². The predicted molar refractivity (Wildman–Crippen MR) is 171 cm³/mol. The lowest BCUT2D eigenvalue weighted by Crippen LogP contribution is -2.32. The van der Waals surface area contributed by atoms with Gasteiger partial charge in [0.25, 0.3) is 0 Å². The zero-order chi connectivity index (χ0) is 27.9. The van der Waals surface area contributed by atoms with Gasteiger partial charge in [-0.2, -0.15) is 0 Å². The van der Waals surface area contributed by atoms with Crippen molar-refractivity contribution in [2.45, 2.75) is 76.7 Å². The van der Waals surface area contributed by atoms with Crippen LogP contribution in [0, 0.1) is 5.92 Å². The van der Waals surface area contributed by atoms with Crippen LogP contribution in [-0.4, -0.2) is 6.04 Å². The molecule has 4 aromatic rings. The van der Waals surface area contributed by atoms with E-state index in [1.807, 2.05) is 0 Å². The summed E-state index contributed by atoms with van der Waals surface area (Å²) in [5.74, 6) is 0.734. The molecule has 3 nitrogen and oxygen atoms in total. The smallest absolute Gasteiger partial charge is 0.218 e. The van der Waals surface area contributed by atoms with Crippen LogP contribution in [0.1, 0.15) is 75.3 Å². The summed E-state index contributed by atoms with van der Waals surface area (Å²) in [5, 5.41) is 0.942. The Labute approximate surface area is 244 Å². The summed E-state index contributed by atoms with van der Waals surface area (Å²) in [5.41, 5.74) is 7.37. The van der Waals surface area contributed by atoms with Crippen molar-refractivity contribution in [3.05, 3.63) is 118 Å². The molecule has 0 spiro atoms. The van der Waals surface area contributed by atoms with E-state index in [4.69, 9.17) is 9.41 Å². The molecule has 2 fully saturated rings. The average molecular weight is 543 g/mol. The molecule has 0 unspecified atom stereocenters. The van der Waals surface area contributed by atoms with Gasteiger partial charge in [-0.05, 0) is 79.3 Å². The Bertz CT molecular complexity index is 1540. The Balaban J connectivity index is 1.34. The van der Waals surface area contributed by atoms with Crippen molar-refractivity contribution in [1.29, 1.82) is 0 Å². The highest BCUT2D eigenvalue weighted by Crippen LogP contribution is 2.34. The zero-order valence-corrected chi connectivity index (χ0v) is 24.2. The van der Waals surface area contributed by atoms with Gasteiger partial charge in [0.15, 0.2) is 0 Å². The van der Waals surface area contributed by atoms with Crippen LogP contribution < -0.4 is 21.1 Å². The van der Waals surface area contributed by atoms with Crippen molar-refractivity contribution in [3.8, 4) is 0 Å². The van der Waals surface area contributed by atoms with E-state index in [1.165, 1.54) is 69.8 Å². The molecule has 1 heterocycles.